The van der Waals surface area contributed by atoms with Gasteiger partial charge in [-0.15, -0.1) is 0 Å². The van der Waals surface area contributed by atoms with E-state index in [-0.39, 0.29) is 0 Å². The summed E-state index contributed by atoms with van der Waals surface area (Å²) in [7, 11) is 0. The van der Waals surface area contributed by atoms with Crippen LogP contribution >= 0.6 is 0 Å². The molecule has 0 radical (unpaired) electrons. The molecule has 0 aliphatic carbocycles. The van der Waals surface area contributed by atoms with Crippen molar-refractivity contribution < 1.29 is 4.42 Å². The number of fused-ring (bicyclic) bond motifs is 1. The van der Waals surface area contributed by atoms with E-state index in [0.29, 0.717) is 0 Å². The molecule has 1 nitrogen and oxygen atoms in total. The second kappa shape index (κ2) is 4.61. The van der Waals surface area contributed by atoms with Gasteiger partial charge in [0.1, 0.15) is 5.58 Å². The molecule has 0 fully saturated rings. The molecule has 1 aromatic heterocycles. The summed E-state index contributed by atoms with van der Waals surface area (Å²) in [6.07, 6.45) is 1.75. The average Bonchev–Trinajstić information content (AvgIpc) is 3.14. The van der Waals surface area contributed by atoms with Crippen LogP contribution in [-0.4, -0.2) is 0 Å². The van der Waals surface area contributed by atoms with Crippen molar-refractivity contribution in [3.05, 3.63) is 85.1 Å². The van der Waals surface area contributed by atoms with E-state index in [0.717, 1.165) is 11.0 Å². The molecule has 1 heterocycles. The highest BCUT2D eigenvalue weighted by atomic mass is 16.3. The molecular weight excluding hydrogens is 304 g/mol. The van der Waals surface area contributed by atoms with Crippen LogP contribution < -0.4 is 0 Å². The summed E-state index contributed by atoms with van der Waals surface area (Å²) in [6.45, 7) is 0. The van der Waals surface area contributed by atoms with Crippen molar-refractivity contribution in [1.82, 2.24) is 0 Å². The first-order chi connectivity index (χ1) is 12.4. The van der Waals surface area contributed by atoms with Gasteiger partial charge in [0.05, 0.1) is 6.26 Å². The molecule has 0 unspecified atom stereocenters. The number of hydrogen-bond acceptors (Lipinski definition) is 1. The molecule has 0 spiro atoms. The Morgan fingerprint density at radius 3 is 2.16 bits per heavy atom. The predicted molar refractivity (Wildman–Crippen MR) is 105 cm³/mol. The van der Waals surface area contributed by atoms with Gasteiger partial charge in [-0.3, -0.25) is 0 Å². The van der Waals surface area contributed by atoms with Gasteiger partial charge < -0.3 is 4.42 Å². The zero-order valence-electron chi connectivity index (χ0n) is 13.5. The standard InChI is InChI=1S/C24H14O/c1-2-16-5-6-18-8-10-20(19-7-4-15-12-13-25-22(15)14-19)21-11-9-17(3-1)23(16)24(18)21/h1-14H. The van der Waals surface area contributed by atoms with Crippen LogP contribution in [-0.2, 0) is 0 Å². The van der Waals surface area contributed by atoms with Gasteiger partial charge in [-0.05, 0) is 55.6 Å². The Balaban J connectivity index is 1.78. The fourth-order valence-corrected chi connectivity index (χ4v) is 4.11. The van der Waals surface area contributed by atoms with Gasteiger partial charge in [0.15, 0.2) is 0 Å². The Hall–Kier alpha value is -3.32. The van der Waals surface area contributed by atoms with Crippen molar-refractivity contribution in [2.24, 2.45) is 0 Å². The van der Waals surface area contributed by atoms with Crippen LogP contribution in [0, 0.1) is 0 Å². The maximum Gasteiger partial charge on any atom is 0.134 e. The van der Waals surface area contributed by atoms with E-state index in [9.17, 15) is 0 Å². The van der Waals surface area contributed by atoms with Crippen molar-refractivity contribution in [3.8, 4) is 11.1 Å². The quantitative estimate of drug-likeness (QED) is 0.297. The first-order valence-electron chi connectivity index (χ1n) is 8.53. The first-order valence-corrected chi connectivity index (χ1v) is 8.53. The van der Waals surface area contributed by atoms with Gasteiger partial charge in [-0.25, -0.2) is 0 Å². The van der Waals surface area contributed by atoms with Crippen LogP contribution in [0.1, 0.15) is 0 Å². The molecule has 0 N–H and O–H groups in total. The third-order valence-electron chi connectivity index (χ3n) is 5.30. The van der Waals surface area contributed by atoms with E-state index >= 15 is 0 Å². The van der Waals surface area contributed by atoms with E-state index in [1.165, 1.54) is 43.4 Å². The zero-order valence-corrected chi connectivity index (χ0v) is 13.5. The maximum atomic E-state index is 5.61. The van der Waals surface area contributed by atoms with Crippen LogP contribution in [0.2, 0.25) is 0 Å². The summed E-state index contributed by atoms with van der Waals surface area (Å²) in [5.74, 6) is 0. The topological polar surface area (TPSA) is 13.1 Å². The highest BCUT2D eigenvalue weighted by molar-refractivity contribution is 6.25. The molecule has 0 aliphatic heterocycles. The van der Waals surface area contributed by atoms with Crippen molar-refractivity contribution in [3.63, 3.8) is 0 Å². The molecule has 116 valence electrons. The van der Waals surface area contributed by atoms with Crippen LogP contribution in [0.3, 0.4) is 0 Å². The van der Waals surface area contributed by atoms with Gasteiger partial charge in [0.2, 0.25) is 0 Å². The molecule has 5 aromatic carbocycles. The lowest BCUT2D eigenvalue weighted by molar-refractivity contribution is 0.616. The molecule has 0 bridgehead atoms. The lowest BCUT2D eigenvalue weighted by Gasteiger charge is -2.14. The average molecular weight is 318 g/mol. The highest BCUT2D eigenvalue weighted by Crippen LogP contribution is 2.39. The van der Waals surface area contributed by atoms with E-state index in [4.69, 9.17) is 4.42 Å². The Kier molecular flexibility index (Phi) is 2.40. The second-order valence-electron chi connectivity index (χ2n) is 6.64. The zero-order chi connectivity index (χ0) is 16.4. The smallest absolute Gasteiger partial charge is 0.134 e. The third-order valence-corrected chi connectivity index (χ3v) is 5.30. The van der Waals surface area contributed by atoms with Gasteiger partial charge in [-0.2, -0.15) is 0 Å². The fraction of sp³-hybridized carbons (Fsp3) is 0. The molecule has 0 aliphatic rings. The van der Waals surface area contributed by atoms with E-state index in [2.05, 4.69) is 72.8 Å². The lowest BCUT2D eigenvalue weighted by atomic mass is 9.90. The van der Waals surface area contributed by atoms with Gasteiger partial charge >= 0.3 is 0 Å². The van der Waals surface area contributed by atoms with Crippen LogP contribution in [0.5, 0.6) is 0 Å². The Morgan fingerprint density at radius 1 is 0.560 bits per heavy atom. The number of benzene rings is 5. The van der Waals surface area contributed by atoms with Crippen molar-refractivity contribution >= 4 is 43.3 Å². The van der Waals surface area contributed by atoms with Crippen molar-refractivity contribution in [2.75, 3.05) is 0 Å². The molecule has 6 rings (SSSR count). The maximum absolute atomic E-state index is 5.61. The normalized spacial score (nSPS) is 12.0. The van der Waals surface area contributed by atoms with E-state index in [1.54, 1.807) is 6.26 Å². The van der Waals surface area contributed by atoms with Crippen LogP contribution in [0.25, 0.3) is 54.4 Å². The van der Waals surface area contributed by atoms with E-state index in [1.807, 2.05) is 6.07 Å². The van der Waals surface area contributed by atoms with Gasteiger partial charge in [0, 0.05) is 5.39 Å². The monoisotopic (exact) mass is 318 g/mol. The molecular formula is C24H14O. The summed E-state index contributed by atoms with van der Waals surface area (Å²) in [5.41, 5.74) is 3.38. The highest BCUT2D eigenvalue weighted by Gasteiger charge is 2.12. The molecule has 6 aromatic rings. The third kappa shape index (κ3) is 1.72. The Labute approximate surface area is 144 Å². The van der Waals surface area contributed by atoms with Gasteiger partial charge in [0.25, 0.3) is 0 Å². The predicted octanol–water partition coefficient (Wildman–Crippen LogP) is 7.00. The molecule has 25 heavy (non-hydrogen) atoms. The minimum Gasteiger partial charge on any atom is -0.464 e. The molecule has 0 saturated heterocycles. The molecule has 0 saturated carbocycles. The van der Waals surface area contributed by atoms with Crippen LogP contribution in [0.4, 0.5) is 0 Å². The van der Waals surface area contributed by atoms with Crippen molar-refractivity contribution in [1.29, 1.82) is 0 Å². The lowest BCUT2D eigenvalue weighted by Crippen LogP contribution is -1.87. The second-order valence-corrected chi connectivity index (χ2v) is 6.64. The van der Waals surface area contributed by atoms with Crippen LogP contribution in [0.15, 0.2) is 89.5 Å². The van der Waals surface area contributed by atoms with Gasteiger partial charge in [-0.1, -0.05) is 66.7 Å². The fourth-order valence-electron chi connectivity index (χ4n) is 4.11. The Morgan fingerprint density at radius 2 is 1.28 bits per heavy atom. The molecule has 0 amide bonds. The minimum absolute atomic E-state index is 0.934. The molecule has 1 heteroatoms. The minimum atomic E-state index is 0.934. The number of furan rings is 1. The SMILES string of the molecule is c1cc2ccc3ccc(-c4ccc5ccoc5c4)c4ccc(c1)c2c34. The van der Waals surface area contributed by atoms with Crippen molar-refractivity contribution in [2.45, 2.75) is 0 Å². The number of hydrogen-bond donors (Lipinski definition) is 0. The Bertz CT molecular complexity index is 1370. The number of rotatable bonds is 1. The summed E-state index contributed by atoms with van der Waals surface area (Å²) >= 11 is 0. The summed E-state index contributed by atoms with van der Waals surface area (Å²) in [5, 5.41) is 9.05. The first kappa shape index (κ1) is 13.0. The summed E-state index contributed by atoms with van der Waals surface area (Å²) in [6, 6.07) is 28.4. The van der Waals surface area contributed by atoms with E-state index < -0.39 is 0 Å². The summed E-state index contributed by atoms with van der Waals surface area (Å²) in [4.78, 5) is 0. The largest absolute Gasteiger partial charge is 0.464 e. The molecule has 0 atom stereocenters. The summed E-state index contributed by atoms with van der Waals surface area (Å²) < 4.78 is 5.61.